The molecule has 1 N–H and O–H groups in total. The van der Waals surface area contributed by atoms with E-state index in [9.17, 15) is 0 Å². The van der Waals surface area contributed by atoms with Gasteiger partial charge in [0.15, 0.2) is 5.82 Å². The average molecular weight is 292 g/mol. The molecular weight excluding hydrogens is 278 g/mol. The van der Waals surface area contributed by atoms with Gasteiger partial charge in [0.1, 0.15) is 0 Å². The maximum atomic E-state index is 4.37. The largest absolute Gasteiger partial charge is 0.313 e. The number of rotatable bonds is 4. The van der Waals surface area contributed by atoms with Gasteiger partial charge in [0.2, 0.25) is 0 Å². The molecule has 0 saturated carbocycles. The van der Waals surface area contributed by atoms with E-state index in [1.165, 1.54) is 0 Å². The van der Waals surface area contributed by atoms with Crippen LogP contribution in [0.1, 0.15) is 12.5 Å². The molecule has 0 fully saturated rings. The van der Waals surface area contributed by atoms with E-state index in [0.717, 1.165) is 34.5 Å². The molecule has 0 radical (unpaired) electrons. The molecule has 1 aromatic carbocycles. The molecular formula is C13H14BrN3. The monoisotopic (exact) mass is 291 g/mol. The summed E-state index contributed by atoms with van der Waals surface area (Å²) in [5.41, 5.74) is 2.12. The van der Waals surface area contributed by atoms with Crippen molar-refractivity contribution in [3.8, 4) is 11.4 Å². The van der Waals surface area contributed by atoms with Crippen LogP contribution in [0.3, 0.4) is 0 Å². The summed E-state index contributed by atoms with van der Waals surface area (Å²) in [6, 6.07) is 7.99. The van der Waals surface area contributed by atoms with E-state index in [2.05, 4.69) is 38.1 Å². The number of nitrogens with zero attached hydrogens (tertiary/aromatic N) is 2. The Morgan fingerprint density at radius 2 is 2.00 bits per heavy atom. The molecule has 0 spiro atoms. The quantitative estimate of drug-likeness (QED) is 0.941. The molecule has 2 rings (SSSR count). The summed E-state index contributed by atoms with van der Waals surface area (Å²) >= 11 is 3.44. The maximum absolute atomic E-state index is 4.37. The topological polar surface area (TPSA) is 37.8 Å². The van der Waals surface area contributed by atoms with Gasteiger partial charge in [-0.05, 0) is 18.7 Å². The zero-order valence-electron chi connectivity index (χ0n) is 9.65. The number of nitrogens with one attached hydrogen (secondary N) is 1. The lowest BCUT2D eigenvalue weighted by molar-refractivity contribution is 0.721. The Morgan fingerprint density at radius 3 is 2.65 bits per heavy atom. The minimum Gasteiger partial charge on any atom is -0.313 e. The van der Waals surface area contributed by atoms with Crippen molar-refractivity contribution in [3.63, 3.8) is 0 Å². The van der Waals surface area contributed by atoms with Crippen LogP contribution in [0, 0.1) is 0 Å². The zero-order valence-corrected chi connectivity index (χ0v) is 11.2. The van der Waals surface area contributed by atoms with E-state index in [4.69, 9.17) is 0 Å². The third kappa shape index (κ3) is 3.35. The third-order valence-electron chi connectivity index (χ3n) is 2.37. The van der Waals surface area contributed by atoms with E-state index >= 15 is 0 Å². The van der Waals surface area contributed by atoms with Crippen LogP contribution in [-0.2, 0) is 6.54 Å². The van der Waals surface area contributed by atoms with Crippen LogP contribution in [-0.4, -0.2) is 16.5 Å². The van der Waals surface area contributed by atoms with Gasteiger partial charge in [0.05, 0.1) is 0 Å². The molecule has 1 aromatic heterocycles. The summed E-state index contributed by atoms with van der Waals surface area (Å²) in [5.74, 6) is 0.756. The highest BCUT2D eigenvalue weighted by Crippen LogP contribution is 2.19. The molecule has 88 valence electrons. The Morgan fingerprint density at radius 1 is 1.24 bits per heavy atom. The van der Waals surface area contributed by atoms with Crippen LogP contribution in [0.5, 0.6) is 0 Å². The molecule has 4 heteroatoms. The van der Waals surface area contributed by atoms with Crippen LogP contribution < -0.4 is 5.32 Å². The first-order valence-corrected chi connectivity index (χ1v) is 6.36. The molecule has 0 aliphatic carbocycles. The molecule has 2 aromatic rings. The van der Waals surface area contributed by atoms with Gasteiger partial charge in [0.25, 0.3) is 0 Å². The third-order valence-corrected chi connectivity index (χ3v) is 2.86. The predicted octanol–water partition coefficient (Wildman–Crippen LogP) is 3.02. The first-order valence-electron chi connectivity index (χ1n) is 5.57. The molecule has 0 atom stereocenters. The van der Waals surface area contributed by atoms with E-state index in [1.807, 2.05) is 36.7 Å². The van der Waals surface area contributed by atoms with Crippen LogP contribution in [0.15, 0.2) is 41.1 Å². The number of aromatic nitrogens is 2. The first kappa shape index (κ1) is 12.2. The van der Waals surface area contributed by atoms with Crippen LogP contribution >= 0.6 is 15.9 Å². The van der Waals surface area contributed by atoms with Crippen molar-refractivity contribution in [1.29, 1.82) is 0 Å². The lowest BCUT2D eigenvalue weighted by Crippen LogP contribution is -2.12. The van der Waals surface area contributed by atoms with Gasteiger partial charge in [0, 0.05) is 34.5 Å². The smallest absolute Gasteiger partial charge is 0.159 e. The molecule has 0 unspecified atom stereocenters. The summed E-state index contributed by atoms with van der Waals surface area (Å²) in [7, 11) is 0. The van der Waals surface area contributed by atoms with Gasteiger partial charge in [-0.3, -0.25) is 0 Å². The summed E-state index contributed by atoms with van der Waals surface area (Å²) in [4.78, 5) is 8.74. The number of benzene rings is 1. The second kappa shape index (κ2) is 5.89. The van der Waals surface area contributed by atoms with E-state index in [-0.39, 0.29) is 0 Å². The Kier molecular flexibility index (Phi) is 4.23. The number of hydrogen-bond acceptors (Lipinski definition) is 3. The Labute approximate surface area is 109 Å². The van der Waals surface area contributed by atoms with E-state index in [0.29, 0.717) is 0 Å². The second-order valence-corrected chi connectivity index (χ2v) is 4.62. The van der Waals surface area contributed by atoms with Gasteiger partial charge in [-0.15, -0.1) is 0 Å². The van der Waals surface area contributed by atoms with E-state index in [1.54, 1.807) is 0 Å². The van der Waals surface area contributed by atoms with Crippen molar-refractivity contribution in [2.45, 2.75) is 13.5 Å². The summed E-state index contributed by atoms with van der Waals surface area (Å²) in [6.07, 6.45) is 3.73. The molecule has 0 aliphatic rings. The van der Waals surface area contributed by atoms with Gasteiger partial charge < -0.3 is 5.32 Å². The summed E-state index contributed by atoms with van der Waals surface area (Å²) in [6.45, 7) is 3.85. The first-order chi connectivity index (χ1) is 8.29. The van der Waals surface area contributed by atoms with Gasteiger partial charge in [-0.25, -0.2) is 9.97 Å². The molecule has 17 heavy (non-hydrogen) atoms. The summed E-state index contributed by atoms with van der Waals surface area (Å²) in [5, 5.41) is 3.25. The Bertz CT molecular complexity index is 482. The minimum atomic E-state index is 0.756. The Balaban J connectivity index is 2.17. The van der Waals surface area contributed by atoms with Crippen molar-refractivity contribution in [2.24, 2.45) is 0 Å². The Hall–Kier alpha value is -1.26. The van der Waals surface area contributed by atoms with Crippen molar-refractivity contribution < 1.29 is 0 Å². The van der Waals surface area contributed by atoms with Gasteiger partial charge >= 0.3 is 0 Å². The highest BCUT2D eigenvalue weighted by molar-refractivity contribution is 9.10. The second-order valence-electron chi connectivity index (χ2n) is 3.71. The van der Waals surface area contributed by atoms with Crippen molar-refractivity contribution in [1.82, 2.24) is 15.3 Å². The molecule has 0 bridgehead atoms. The SMILES string of the molecule is CCNCc1cnc(-c2cccc(Br)c2)nc1. The van der Waals surface area contributed by atoms with Crippen molar-refractivity contribution in [3.05, 3.63) is 46.7 Å². The number of hydrogen-bond donors (Lipinski definition) is 1. The average Bonchev–Trinajstić information content (AvgIpc) is 2.37. The molecule has 0 saturated heterocycles. The van der Waals surface area contributed by atoms with Crippen molar-refractivity contribution in [2.75, 3.05) is 6.54 Å². The molecule has 0 amide bonds. The fraction of sp³-hybridized carbons (Fsp3) is 0.231. The summed E-state index contributed by atoms with van der Waals surface area (Å²) < 4.78 is 1.04. The zero-order chi connectivity index (χ0) is 12.1. The van der Waals surface area contributed by atoms with Crippen LogP contribution in [0.25, 0.3) is 11.4 Å². The van der Waals surface area contributed by atoms with Crippen LogP contribution in [0.4, 0.5) is 0 Å². The maximum Gasteiger partial charge on any atom is 0.159 e. The molecule has 3 nitrogen and oxygen atoms in total. The molecule has 1 heterocycles. The highest BCUT2D eigenvalue weighted by atomic mass is 79.9. The van der Waals surface area contributed by atoms with E-state index < -0.39 is 0 Å². The lowest BCUT2D eigenvalue weighted by atomic mass is 10.2. The standard InChI is InChI=1S/C13H14BrN3/c1-2-15-7-10-8-16-13(17-9-10)11-4-3-5-12(14)6-11/h3-6,8-9,15H,2,7H2,1H3. The molecule has 0 aliphatic heterocycles. The normalized spacial score (nSPS) is 10.5. The van der Waals surface area contributed by atoms with Crippen molar-refractivity contribution >= 4 is 15.9 Å². The van der Waals surface area contributed by atoms with Crippen LogP contribution in [0.2, 0.25) is 0 Å². The van der Waals surface area contributed by atoms with Gasteiger partial charge in [-0.2, -0.15) is 0 Å². The minimum absolute atomic E-state index is 0.756. The van der Waals surface area contributed by atoms with Gasteiger partial charge in [-0.1, -0.05) is 35.0 Å². The highest BCUT2D eigenvalue weighted by Gasteiger charge is 2.01. The fourth-order valence-electron chi connectivity index (χ4n) is 1.49. The lowest BCUT2D eigenvalue weighted by Gasteiger charge is -2.03. The predicted molar refractivity (Wildman–Crippen MR) is 72.5 cm³/mol. The number of halogens is 1. The fourth-order valence-corrected chi connectivity index (χ4v) is 1.89.